The Hall–Kier alpha value is -0.963. The number of unbranched alkanes of at least 4 members (excludes halogenated alkanes) is 2. The molecule has 19 heavy (non-hydrogen) atoms. The van der Waals surface area contributed by atoms with Gasteiger partial charge in [0.05, 0.1) is 0 Å². The van der Waals surface area contributed by atoms with Crippen LogP contribution in [-0.4, -0.2) is 17.7 Å². The third-order valence-electron chi connectivity index (χ3n) is 3.75. The van der Waals surface area contributed by atoms with Crippen LogP contribution in [0.25, 0.3) is 0 Å². The molecule has 2 aromatic carbocycles. The normalized spacial score (nSPS) is 10.9. The second-order valence-electron chi connectivity index (χ2n) is 5.22. The van der Waals surface area contributed by atoms with Crippen LogP contribution < -0.4 is 0 Å². The van der Waals surface area contributed by atoms with Crippen molar-refractivity contribution in [1.82, 2.24) is 0 Å². The zero-order valence-electron chi connectivity index (χ0n) is 11.9. The monoisotopic (exact) mass is 244 g/mol. The molecule has 0 atom stereocenters. The Balaban J connectivity index is 2.10. The average molecular weight is 244 g/mol. The molecule has 0 heterocycles. The first-order chi connectivity index (χ1) is 9.42. The number of hydrogen-bond acceptors (Lipinski definition) is 0. The summed E-state index contributed by atoms with van der Waals surface area (Å²) in [4.78, 5) is 0. The summed E-state index contributed by atoms with van der Waals surface area (Å²) in [7, 11) is 0. The topological polar surface area (TPSA) is 0 Å². The van der Waals surface area contributed by atoms with Crippen molar-refractivity contribution >= 4 is 17.7 Å². The molecule has 0 radical (unpaired) electrons. The van der Waals surface area contributed by atoms with Crippen molar-refractivity contribution in [2.24, 2.45) is 0 Å². The van der Waals surface area contributed by atoms with Gasteiger partial charge in [-0.1, -0.05) is 0 Å². The van der Waals surface area contributed by atoms with Crippen LogP contribution in [0.15, 0.2) is 60.7 Å². The quantitative estimate of drug-likeness (QED) is 0.476. The number of rotatable bonds is 7. The molecule has 2 rings (SSSR count). The molecule has 94 valence electrons. The third kappa shape index (κ3) is 4.57. The van der Waals surface area contributed by atoms with E-state index >= 15 is 0 Å². The Kier molecular flexibility index (Phi) is 6.28. The van der Waals surface area contributed by atoms with E-state index in [1.807, 2.05) is 0 Å². The van der Waals surface area contributed by atoms with Crippen LogP contribution >= 0.6 is 0 Å². The average Bonchev–Trinajstić information content (AvgIpc) is 2.49. The molecule has 0 saturated carbocycles. The fraction of sp³-hybridized carbons (Fsp3) is 0.333. The van der Waals surface area contributed by atoms with Crippen molar-refractivity contribution in [2.45, 2.75) is 36.7 Å². The van der Waals surface area contributed by atoms with Gasteiger partial charge in [-0.3, -0.25) is 0 Å². The van der Waals surface area contributed by atoms with Gasteiger partial charge in [0, 0.05) is 0 Å². The van der Waals surface area contributed by atoms with Gasteiger partial charge in [-0.25, -0.2) is 0 Å². The van der Waals surface area contributed by atoms with E-state index < -0.39 is 0 Å². The predicted octanol–water partition coefficient (Wildman–Crippen LogP) is 4.97. The molecular weight excluding hydrogens is 223 g/mol. The van der Waals surface area contributed by atoms with Gasteiger partial charge in [-0.15, -0.1) is 0 Å². The van der Waals surface area contributed by atoms with Crippen LogP contribution in [-0.2, 0) is 0 Å². The van der Waals surface area contributed by atoms with Crippen LogP contribution in [0.5, 0.6) is 0 Å². The third-order valence-corrected chi connectivity index (χ3v) is 3.75. The molecule has 0 N–H and O–H groups in total. The van der Waals surface area contributed by atoms with Gasteiger partial charge in [0.15, 0.2) is 0 Å². The molecular formula is C18H21Li. The summed E-state index contributed by atoms with van der Waals surface area (Å²) in [6, 6.07) is 21.8. The van der Waals surface area contributed by atoms with Gasteiger partial charge in [0.25, 0.3) is 0 Å². The minimum absolute atomic E-state index is 0.555. The molecule has 0 aliphatic heterocycles. The number of benzene rings is 2. The molecule has 1 heteroatoms. The van der Waals surface area contributed by atoms with E-state index in [1.54, 1.807) is 0 Å². The van der Waals surface area contributed by atoms with E-state index in [0.29, 0.717) is 5.92 Å². The second kappa shape index (κ2) is 8.26. The van der Waals surface area contributed by atoms with Crippen LogP contribution in [0.3, 0.4) is 0 Å². The molecule has 0 spiro atoms. The fourth-order valence-electron chi connectivity index (χ4n) is 2.67. The molecule has 0 bridgehead atoms. The van der Waals surface area contributed by atoms with Gasteiger partial charge in [-0.2, -0.15) is 0 Å². The molecule has 0 fully saturated rings. The van der Waals surface area contributed by atoms with Gasteiger partial charge in [0.1, 0.15) is 0 Å². The second-order valence-corrected chi connectivity index (χ2v) is 5.22. The summed E-state index contributed by atoms with van der Waals surface area (Å²) in [5.41, 5.74) is 2.90. The summed E-state index contributed by atoms with van der Waals surface area (Å²) < 4.78 is 0. The van der Waals surface area contributed by atoms with Crippen LogP contribution in [0.4, 0.5) is 0 Å². The van der Waals surface area contributed by atoms with E-state index in [2.05, 4.69) is 78.4 Å². The van der Waals surface area contributed by atoms with E-state index in [4.69, 9.17) is 0 Å². The van der Waals surface area contributed by atoms with Crippen LogP contribution in [0, 0.1) is 0 Å². The van der Waals surface area contributed by atoms with Crippen molar-refractivity contribution in [3.63, 3.8) is 0 Å². The van der Waals surface area contributed by atoms with E-state index in [-0.39, 0.29) is 0 Å². The van der Waals surface area contributed by atoms with Crippen molar-refractivity contribution in [2.75, 3.05) is 0 Å². The Labute approximate surface area is 126 Å². The van der Waals surface area contributed by atoms with Crippen LogP contribution in [0.1, 0.15) is 42.7 Å². The van der Waals surface area contributed by atoms with E-state index in [9.17, 15) is 0 Å². The summed E-state index contributed by atoms with van der Waals surface area (Å²) >= 11 is 2.27. The van der Waals surface area contributed by atoms with Gasteiger partial charge < -0.3 is 0 Å². The maximum absolute atomic E-state index is 2.27. The number of hydrogen-bond donors (Lipinski definition) is 0. The van der Waals surface area contributed by atoms with Gasteiger partial charge in [-0.05, 0) is 0 Å². The zero-order chi connectivity index (χ0) is 13.3. The van der Waals surface area contributed by atoms with Gasteiger partial charge >= 0.3 is 126 Å². The Bertz CT molecular complexity index is 410. The zero-order valence-corrected chi connectivity index (χ0v) is 11.9. The van der Waals surface area contributed by atoms with Crippen molar-refractivity contribution in [1.29, 1.82) is 0 Å². The van der Waals surface area contributed by atoms with Gasteiger partial charge in [0.2, 0.25) is 0 Å². The molecule has 0 aliphatic rings. The molecule has 0 nitrogen and oxygen atoms in total. The predicted molar refractivity (Wildman–Crippen MR) is 83.8 cm³/mol. The van der Waals surface area contributed by atoms with Crippen molar-refractivity contribution < 1.29 is 0 Å². The molecule has 0 aliphatic carbocycles. The summed E-state index contributed by atoms with van der Waals surface area (Å²) in [5.74, 6) is 0.555. The van der Waals surface area contributed by atoms with Crippen molar-refractivity contribution in [3.05, 3.63) is 71.8 Å². The first-order valence-electron chi connectivity index (χ1n) is 7.51. The summed E-state index contributed by atoms with van der Waals surface area (Å²) in [6.07, 6.45) is 5.29. The first-order valence-corrected chi connectivity index (χ1v) is 7.51. The van der Waals surface area contributed by atoms with Crippen molar-refractivity contribution in [3.8, 4) is 0 Å². The Morgan fingerprint density at radius 3 is 1.68 bits per heavy atom. The molecule has 0 saturated heterocycles. The van der Waals surface area contributed by atoms with E-state index in [1.165, 1.54) is 41.9 Å². The standard InChI is InChI=1S/C18H21.Li/c1-2-3-6-15-18(16-11-7-4-8-12-16)17-13-9-5-10-14-17;/h4-5,7-14,18H,1-3,6,15H2;. The molecule has 0 amide bonds. The van der Waals surface area contributed by atoms with Crippen LogP contribution in [0.2, 0.25) is 5.09 Å². The molecule has 0 aromatic heterocycles. The minimum atomic E-state index is 0.555. The van der Waals surface area contributed by atoms with E-state index in [0.717, 1.165) is 0 Å². The maximum atomic E-state index is 2.27. The summed E-state index contributed by atoms with van der Waals surface area (Å²) in [5, 5.41) is 1.31. The fourth-order valence-corrected chi connectivity index (χ4v) is 2.67. The Morgan fingerprint density at radius 2 is 1.21 bits per heavy atom. The molecule has 0 unspecified atom stereocenters. The Morgan fingerprint density at radius 1 is 0.684 bits per heavy atom. The SMILES string of the molecule is [Li][CH2]CCCCC(c1ccccc1)c1ccccc1. The summed E-state index contributed by atoms with van der Waals surface area (Å²) in [6.45, 7) is 0. The molecule has 2 aromatic rings. The first kappa shape index (κ1) is 14.4.